The molecule has 0 aliphatic carbocycles. The number of hydrogen-bond donors (Lipinski definition) is 0. The van der Waals surface area contributed by atoms with Crippen molar-refractivity contribution in [3.8, 4) is 0 Å². The molecule has 1 aromatic rings. The second-order valence-corrected chi connectivity index (χ2v) is 7.17. The first-order valence-electron chi connectivity index (χ1n) is 6.54. The first-order valence-corrected chi connectivity index (χ1v) is 7.76. The predicted molar refractivity (Wildman–Crippen MR) is 78.5 cm³/mol. The summed E-state index contributed by atoms with van der Waals surface area (Å²) in [6.07, 6.45) is 0. The predicted octanol–water partition coefficient (Wildman–Crippen LogP) is 2.21. The zero-order valence-corrected chi connectivity index (χ0v) is 13.1. The summed E-state index contributed by atoms with van der Waals surface area (Å²) in [5, 5.41) is 5.50. The van der Waals surface area contributed by atoms with Crippen molar-refractivity contribution < 1.29 is 0 Å². The molecule has 0 unspecified atom stereocenters. The maximum atomic E-state index is 5.30. The van der Waals surface area contributed by atoms with E-state index in [2.05, 4.69) is 28.7 Å². The summed E-state index contributed by atoms with van der Waals surface area (Å²) in [7, 11) is 0. The van der Waals surface area contributed by atoms with Crippen molar-refractivity contribution in [3.05, 3.63) is 8.96 Å². The number of aryl methyl sites for hydroxylation is 1. The fraction of sp³-hybridized carbons (Fsp3) is 0.833. The lowest BCUT2D eigenvalue weighted by atomic mass is 10.2. The molecule has 0 aromatic carbocycles. The standard InChI is InChI=1S/C12H22N4S2/c1-10(2)8-14-4-6-15(7-5-14)9-16-12(17)18-11(3)13-16/h10H,4-9H2,1-3H3. The summed E-state index contributed by atoms with van der Waals surface area (Å²) in [5.41, 5.74) is 0. The van der Waals surface area contributed by atoms with Gasteiger partial charge in [0.05, 0.1) is 6.67 Å². The topological polar surface area (TPSA) is 24.3 Å². The Hall–Kier alpha value is -0.300. The third kappa shape index (κ3) is 3.85. The van der Waals surface area contributed by atoms with Crippen molar-refractivity contribution in [1.82, 2.24) is 19.6 Å². The Morgan fingerprint density at radius 2 is 1.83 bits per heavy atom. The van der Waals surface area contributed by atoms with Gasteiger partial charge in [0, 0.05) is 32.7 Å². The van der Waals surface area contributed by atoms with Crippen LogP contribution in [0.15, 0.2) is 0 Å². The molecule has 2 rings (SSSR count). The molecule has 0 amide bonds. The summed E-state index contributed by atoms with van der Waals surface area (Å²) in [4.78, 5) is 4.98. The van der Waals surface area contributed by atoms with E-state index in [0.29, 0.717) is 0 Å². The summed E-state index contributed by atoms with van der Waals surface area (Å²) < 4.78 is 2.84. The minimum Gasteiger partial charge on any atom is -0.301 e. The molecule has 1 saturated heterocycles. The lowest BCUT2D eigenvalue weighted by molar-refractivity contribution is 0.0952. The Morgan fingerprint density at radius 1 is 1.22 bits per heavy atom. The Morgan fingerprint density at radius 3 is 2.33 bits per heavy atom. The normalized spacial score (nSPS) is 18.7. The zero-order chi connectivity index (χ0) is 13.1. The van der Waals surface area contributed by atoms with Gasteiger partial charge in [-0.25, -0.2) is 4.68 Å². The maximum absolute atomic E-state index is 5.30. The van der Waals surface area contributed by atoms with Gasteiger partial charge < -0.3 is 4.90 Å². The van der Waals surface area contributed by atoms with Crippen LogP contribution in [0.25, 0.3) is 0 Å². The first kappa shape index (κ1) is 14.1. The van der Waals surface area contributed by atoms with E-state index < -0.39 is 0 Å². The van der Waals surface area contributed by atoms with E-state index in [4.69, 9.17) is 12.2 Å². The third-order valence-electron chi connectivity index (χ3n) is 3.13. The van der Waals surface area contributed by atoms with Crippen LogP contribution in [0.4, 0.5) is 0 Å². The molecule has 0 saturated carbocycles. The van der Waals surface area contributed by atoms with Crippen molar-refractivity contribution in [2.24, 2.45) is 5.92 Å². The van der Waals surface area contributed by atoms with Gasteiger partial charge in [0.25, 0.3) is 0 Å². The molecule has 2 heterocycles. The van der Waals surface area contributed by atoms with Crippen LogP contribution in [0.5, 0.6) is 0 Å². The quantitative estimate of drug-likeness (QED) is 0.792. The van der Waals surface area contributed by atoms with Crippen LogP contribution in [0.3, 0.4) is 0 Å². The Balaban J connectivity index is 1.83. The smallest absolute Gasteiger partial charge is 0.180 e. The van der Waals surface area contributed by atoms with Crippen LogP contribution in [0.1, 0.15) is 18.9 Å². The molecule has 1 fully saturated rings. The number of piperazine rings is 1. The van der Waals surface area contributed by atoms with Gasteiger partial charge in [-0.1, -0.05) is 25.2 Å². The monoisotopic (exact) mass is 286 g/mol. The van der Waals surface area contributed by atoms with E-state index in [0.717, 1.165) is 47.7 Å². The highest BCUT2D eigenvalue weighted by molar-refractivity contribution is 7.73. The van der Waals surface area contributed by atoms with Crippen LogP contribution < -0.4 is 0 Å². The highest BCUT2D eigenvalue weighted by atomic mass is 32.1. The van der Waals surface area contributed by atoms with Gasteiger partial charge in [-0.15, -0.1) is 0 Å². The third-order valence-corrected chi connectivity index (χ3v) is 4.35. The Bertz CT molecular complexity index is 430. The number of nitrogens with zero attached hydrogens (tertiary/aromatic N) is 4. The van der Waals surface area contributed by atoms with Crippen molar-refractivity contribution in [2.75, 3.05) is 32.7 Å². The van der Waals surface area contributed by atoms with Gasteiger partial charge in [-0.05, 0) is 25.1 Å². The van der Waals surface area contributed by atoms with Gasteiger partial charge in [0.15, 0.2) is 3.95 Å². The lowest BCUT2D eigenvalue weighted by Gasteiger charge is -2.35. The molecule has 0 N–H and O–H groups in total. The fourth-order valence-electron chi connectivity index (χ4n) is 2.32. The van der Waals surface area contributed by atoms with Crippen molar-refractivity contribution in [3.63, 3.8) is 0 Å². The number of aromatic nitrogens is 2. The van der Waals surface area contributed by atoms with E-state index in [1.165, 1.54) is 6.54 Å². The molecule has 6 heteroatoms. The highest BCUT2D eigenvalue weighted by Gasteiger charge is 2.18. The molecule has 18 heavy (non-hydrogen) atoms. The van der Waals surface area contributed by atoms with Crippen molar-refractivity contribution in [2.45, 2.75) is 27.4 Å². The molecular weight excluding hydrogens is 264 g/mol. The number of rotatable bonds is 4. The highest BCUT2D eigenvalue weighted by Crippen LogP contribution is 2.10. The molecule has 1 aromatic heterocycles. The van der Waals surface area contributed by atoms with Crippen LogP contribution >= 0.6 is 23.6 Å². The Kier molecular flexibility index (Phi) is 4.89. The second kappa shape index (κ2) is 6.23. The molecule has 0 spiro atoms. The first-order chi connectivity index (χ1) is 8.54. The van der Waals surface area contributed by atoms with Crippen LogP contribution in [-0.2, 0) is 6.67 Å². The minimum atomic E-state index is 0.756. The zero-order valence-electron chi connectivity index (χ0n) is 11.4. The summed E-state index contributed by atoms with van der Waals surface area (Å²) in [6.45, 7) is 13.2. The molecule has 0 bridgehead atoms. The lowest BCUT2D eigenvalue weighted by Crippen LogP contribution is -2.47. The summed E-state index contributed by atoms with van der Waals surface area (Å²) >= 11 is 6.90. The average Bonchev–Trinajstić information content (AvgIpc) is 2.59. The van der Waals surface area contributed by atoms with E-state index in [9.17, 15) is 0 Å². The second-order valence-electron chi connectivity index (χ2n) is 5.34. The molecule has 1 aliphatic heterocycles. The minimum absolute atomic E-state index is 0.756. The average molecular weight is 286 g/mol. The van der Waals surface area contributed by atoms with Gasteiger partial charge in [-0.2, -0.15) is 5.10 Å². The van der Waals surface area contributed by atoms with Gasteiger partial charge in [0.1, 0.15) is 5.01 Å². The molecule has 0 radical (unpaired) electrons. The van der Waals surface area contributed by atoms with E-state index in [-0.39, 0.29) is 0 Å². The van der Waals surface area contributed by atoms with Gasteiger partial charge in [-0.3, -0.25) is 4.90 Å². The van der Waals surface area contributed by atoms with Crippen LogP contribution in [-0.4, -0.2) is 52.3 Å². The van der Waals surface area contributed by atoms with Crippen LogP contribution in [0, 0.1) is 16.8 Å². The molecule has 1 aliphatic rings. The Labute approximate surface area is 118 Å². The van der Waals surface area contributed by atoms with Crippen molar-refractivity contribution in [1.29, 1.82) is 0 Å². The van der Waals surface area contributed by atoms with E-state index in [1.54, 1.807) is 11.3 Å². The SMILES string of the molecule is Cc1nn(CN2CCN(CC(C)C)CC2)c(=S)s1. The van der Waals surface area contributed by atoms with E-state index >= 15 is 0 Å². The fourth-order valence-corrected chi connectivity index (χ4v) is 3.38. The van der Waals surface area contributed by atoms with Gasteiger partial charge >= 0.3 is 0 Å². The molecule has 102 valence electrons. The maximum Gasteiger partial charge on any atom is 0.180 e. The molecule has 4 nitrogen and oxygen atoms in total. The van der Waals surface area contributed by atoms with E-state index in [1.807, 2.05) is 11.6 Å². The van der Waals surface area contributed by atoms with Crippen LogP contribution in [0.2, 0.25) is 0 Å². The molecular formula is C12H22N4S2. The summed E-state index contributed by atoms with van der Waals surface area (Å²) in [5.74, 6) is 0.756. The number of hydrogen-bond acceptors (Lipinski definition) is 5. The van der Waals surface area contributed by atoms with Gasteiger partial charge in [0.2, 0.25) is 0 Å². The largest absolute Gasteiger partial charge is 0.301 e. The van der Waals surface area contributed by atoms with Crippen molar-refractivity contribution >= 4 is 23.6 Å². The molecule has 0 atom stereocenters. The summed E-state index contributed by atoms with van der Waals surface area (Å²) in [6, 6.07) is 0.